The molecule has 22 heavy (non-hydrogen) atoms. The number of nitrogens with zero attached hydrogens (tertiary/aromatic N) is 2. The molecule has 1 aliphatic rings. The Balaban J connectivity index is 1.74. The molecule has 1 fully saturated rings. The molecule has 0 unspecified atom stereocenters. The molecule has 1 heterocycles. The third-order valence-corrected chi connectivity index (χ3v) is 4.70. The van der Waals surface area contributed by atoms with Crippen LogP contribution in [0.2, 0.25) is 0 Å². The number of carbonyl (C=O) groups is 1. The van der Waals surface area contributed by atoms with E-state index in [1.54, 1.807) is 0 Å². The molecule has 0 spiro atoms. The Morgan fingerprint density at radius 2 is 2.09 bits per heavy atom. The van der Waals surface area contributed by atoms with Crippen LogP contribution in [0.3, 0.4) is 0 Å². The van der Waals surface area contributed by atoms with Gasteiger partial charge in [0.2, 0.25) is 5.91 Å². The second-order valence-electron chi connectivity index (χ2n) is 5.71. The van der Waals surface area contributed by atoms with E-state index in [1.807, 2.05) is 25.1 Å². The fourth-order valence-corrected chi connectivity index (χ4v) is 3.30. The van der Waals surface area contributed by atoms with Crippen LogP contribution in [0.5, 0.6) is 0 Å². The summed E-state index contributed by atoms with van der Waals surface area (Å²) in [6, 6.07) is 5.81. The molecule has 0 radical (unpaired) electrons. The van der Waals surface area contributed by atoms with Crippen molar-refractivity contribution >= 4 is 38.6 Å². The lowest BCUT2D eigenvalue weighted by Crippen LogP contribution is -2.42. The van der Waals surface area contributed by atoms with E-state index in [-0.39, 0.29) is 11.9 Å². The Hall–Kier alpha value is -1.69. The number of halogens is 1. The summed E-state index contributed by atoms with van der Waals surface area (Å²) in [7, 11) is 0. The molecule has 3 rings (SSSR count). The Morgan fingerprint density at radius 3 is 2.86 bits per heavy atom. The Morgan fingerprint density at radius 1 is 1.32 bits per heavy atom. The Labute approximate surface area is 138 Å². The first-order valence-corrected chi connectivity index (χ1v) is 8.40. The molecule has 2 N–H and O–H groups in total. The van der Waals surface area contributed by atoms with Crippen molar-refractivity contribution in [3.05, 3.63) is 29.0 Å². The van der Waals surface area contributed by atoms with E-state index in [0.29, 0.717) is 11.9 Å². The zero-order chi connectivity index (χ0) is 15.5. The van der Waals surface area contributed by atoms with E-state index in [2.05, 4.69) is 36.5 Å². The van der Waals surface area contributed by atoms with Crippen molar-refractivity contribution in [2.24, 2.45) is 0 Å². The van der Waals surface area contributed by atoms with E-state index in [0.717, 1.165) is 28.2 Å². The number of amides is 1. The number of benzene rings is 1. The maximum Gasteiger partial charge on any atom is 0.242 e. The SMILES string of the molecule is C[C@@H](Nc1ncnc2c(Br)cccc12)C(=O)NC1CCCC1. The highest BCUT2D eigenvalue weighted by Crippen LogP contribution is 2.26. The molecule has 1 aromatic carbocycles. The maximum atomic E-state index is 12.3. The van der Waals surface area contributed by atoms with Crippen molar-refractivity contribution in [3.8, 4) is 0 Å². The standard InChI is InChI=1S/C16H19BrN4O/c1-10(16(22)21-11-5-2-3-6-11)20-15-12-7-4-8-13(17)14(12)18-9-19-15/h4,7-11H,2-3,5-6H2,1H3,(H,21,22)(H,18,19,20)/t10-/m1/s1. The molecule has 1 atom stereocenters. The number of carbonyl (C=O) groups excluding carboxylic acids is 1. The van der Waals surface area contributed by atoms with Crippen LogP contribution in [0.1, 0.15) is 32.6 Å². The van der Waals surface area contributed by atoms with E-state index >= 15 is 0 Å². The van der Waals surface area contributed by atoms with Crippen LogP contribution >= 0.6 is 15.9 Å². The van der Waals surface area contributed by atoms with Gasteiger partial charge in [-0.1, -0.05) is 18.9 Å². The number of rotatable bonds is 4. The number of hydrogen-bond donors (Lipinski definition) is 2. The van der Waals surface area contributed by atoms with Crippen LogP contribution in [-0.4, -0.2) is 28.0 Å². The number of aromatic nitrogens is 2. The van der Waals surface area contributed by atoms with Crippen LogP contribution in [0.15, 0.2) is 29.0 Å². The predicted molar refractivity (Wildman–Crippen MR) is 90.7 cm³/mol. The third kappa shape index (κ3) is 3.21. The minimum atomic E-state index is -0.335. The summed E-state index contributed by atoms with van der Waals surface area (Å²) in [4.78, 5) is 20.8. The molecule has 0 saturated heterocycles. The van der Waals surface area contributed by atoms with Crippen molar-refractivity contribution in [2.75, 3.05) is 5.32 Å². The molecular formula is C16H19BrN4O. The van der Waals surface area contributed by atoms with Crippen molar-refractivity contribution in [3.63, 3.8) is 0 Å². The lowest BCUT2D eigenvalue weighted by Gasteiger charge is -2.18. The first-order valence-electron chi connectivity index (χ1n) is 7.61. The second kappa shape index (κ2) is 6.60. The van der Waals surface area contributed by atoms with Crippen LogP contribution in [0.4, 0.5) is 5.82 Å². The summed E-state index contributed by atoms with van der Waals surface area (Å²) < 4.78 is 0.915. The number of para-hydroxylation sites is 1. The van der Waals surface area contributed by atoms with Crippen LogP contribution in [0.25, 0.3) is 10.9 Å². The fraction of sp³-hybridized carbons (Fsp3) is 0.438. The Bertz CT molecular complexity index is 685. The van der Waals surface area contributed by atoms with Crippen molar-refractivity contribution in [1.82, 2.24) is 15.3 Å². The highest BCUT2D eigenvalue weighted by atomic mass is 79.9. The van der Waals surface area contributed by atoms with Gasteiger partial charge in [-0.15, -0.1) is 0 Å². The number of nitrogens with one attached hydrogen (secondary N) is 2. The Kier molecular flexibility index (Phi) is 4.57. The summed E-state index contributed by atoms with van der Waals surface area (Å²) >= 11 is 3.49. The van der Waals surface area contributed by atoms with Gasteiger partial charge in [0.25, 0.3) is 0 Å². The molecule has 0 bridgehead atoms. The number of fused-ring (bicyclic) bond motifs is 1. The number of anilines is 1. The van der Waals surface area contributed by atoms with Gasteiger partial charge in [0, 0.05) is 15.9 Å². The van der Waals surface area contributed by atoms with E-state index in [4.69, 9.17) is 0 Å². The lowest BCUT2D eigenvalue weighted by molar-refractivity contribution is -0.122. The molecule has 0 aliphatic heterocycles. The normalized spacial score (nSPS) is 16.6. The van der Waals surface area contributed by atoms with Crippen LogP contribution in [-0.2, 0) is 4.79 Å². The van der Waals surface area contributed by atoms with Gasteiger partial charge in [0.15, 0.2) is 0 Å². The quantitative estimate of drug-likeness (QED) is 0.875. The van der Waals surface area contributed by atoms with Gasteiger partial charge in [-0.25, -0.2) is 9.97 Å². The largest absolute Gasteiger partial charge is 0.358 e. The van der Waals surface area contributed by atoms with Crippen LogP contribution in [0, 0.1) is 0 Å². The molecule has 2 aromatic rings. The van der Waals surface area contributed by atoms with Gasteiger partial charge in [-0.3, -0.25) is 4.79 Å². The average molecular weight is 363 g/mol. The summed E-state index contributed by atoms with van der Waals surface area (Å²) in [6.07, 6.45) is 6.09. The van der Waals surface area contributed by atoms with Gasteiger partial charge in [0.1, 0.15) is 18.2 Å². The first kappa shape index (κ1) is 15.2. The summed E-state index contributed by atoms with van der Waals surface area (Å²) in [5.41, 5.74) is 0.836. The van der Waals surface area contributed by atoms with Gasteiger partial charge >= 0.3 is 0 Å². The molecule has 116 valence electrons. The first-order chi connectivity index (χ1) is 10.6. The molecule has 1 aliphatic carbocycles. The van der Waals surface area contributed by atoms with E-state index in [9.17, 15) is 4.79 Å². The van der Waals surface area contributed by atoms with E-state index in [1.165, 1.54) is 19.2 Å². The predicted octanol–water partition coefficient (Wildman–Crippen LogP) is 3.25. The van der Waals surface area contributed by atoms with Gasteiger partial charge in [-0.2, -0.15) is 0 Å². The molecule has 5 nitrogen and oxygen atoms in total. The van der Waals surface area contributed by atoms with Gasteiger partial charge in [-0.05, 0) is 47.8 Å². The topological polar surface area (TPSA) is 66.9 Å². The minimum Gasteiger partial charge on any atom is -0.358 e. The summed E-state index contributed by atoms with van der Waals surface area (Å²) in [5, 5.41) is 7.21. The highest BCUT2D eigenvalue weighted by Gasteiger charge is 2.21. The zero-order valence-electron chi connectivity index (χ0n) is 12.5. The van der Waals surface area contributed by atoms with Crippen LogP contribution < -0.4 is 10.6 Å². The number of hydrogen-bond acceptors (Lipinski definition) is 4. The maximum absolute atomic E-state index is 12.3. The summed E-state index contributed by atoms with van der Waals surface area (Å²) in [6.45, 7) is 1.86. The highest BCUT2D eigenvalue weighted by molar-refractivity contribution is 9.10. The summed E-state index contributed by atoms with van der Waals surface area (Å²) in [5.74, 6) is 0.703. The minimum absolute atomic E-state index is 0.0219. The molecule has 6 heteroatoms. The molecule has 1 aromatic heterocycles. The van der Waals surface area contributed by atoms with Gasteiger partial charge in [0.05, 0.1) is 5.52 Å². The molecule has 1 amide bonds. The van der Waals surface area contributed by atoms with Gasteiger partial charge < -0.3 is 10.6 Å². The fourth-order valence-electron chi connectivity index (χ4n) is 2.83. The second-order valence-corrected chi connectivity index (χ2v) is 6.57. The smallest absolute Gasteiger partial charge is 0.242 e. The lowest BCUT2D eigenvalue weighted by atomic mass is 10.2. The average Bonchev–Trinajstić information content (AvgIpc) is 3.01. The van der Waals surface area contributed by atoms with Crippen molar-refractivity contribution in [2.45, 2.75) is 44.7 Å². The molecular weight excluding hydrogens is 344 g/mol. The van der Waals surface area contributed by atoms with E-state index < -0.39 is 0 Å². The molecule has 1 saturated carbocycles. The zero-order valence-corrected chi connectivity index (χ0v) is 14.1. The van der Waals surface area contributed by atoms with Crippen molar-refractivity contribution in [1.29, 1.82) is 0 Å². The monoisotopic (exact) mass is 362 g/mol. The van der Waals surface area contributed by atoms with Crippen molar-refractivity contribution < 1.29 is 4.79 Å². The third-order valence-electron chi connectivity index (χ3n) is 4.06.